The van der Waals surface area contributed by atoms with Crippen molar-refractivity contribution < 1.29 is 14.7 Å². The molecule has 5 heteroatoms. The molecule has 1 N–H and O–H groups in total. The van der Waals surface area contributed by atoms with Crippen molar-refractivity contribution in [3.8, 4) is 0 Å². The monoisotopic (exact) mass is 238 g/mol. The first-order chi connectivity index (χ1) is 8.15. The van der Waals surface area contributed by atoms with E-state index in [9.17, 15) is 9.59 Å². The zero-order chi connectivity index (χ0) is 12.3. The highest BCUT2D eigenvalue weighted by atomic mass is 16.4. The van der Waals surface area contributed by atoms with Crippen LogP contribution in [0.3, 0.4) is 0 Å². The normalized spacial score (nSPS) is 22.0. The summed E-state index contributed by atoms with van der Waals surface area (Å²) in [6.07, 6.45) is 4.73. The molecule has 1 heterocycles. The first kappa shape index (κ1) is 12.1. The van der Waals surface area contributed by atoms with E-state index in [0.29, 0.717) is 13.1 Å². The summed E-state index contributed by atoms with van der Waals surface area (Å²) in [7, 11) is 0. The highest BCUT2D eigenvalue weighted by Gasteiger charge is 2.27. The molecule has 0 aromatic carbocycles. The molecule has 1 saturated carbocycles. The van der Waals surface area contributed by atoms with Crippen LogP contribution in [0.25, 0.3) is 0 Å². The van der Waals surface area contributed by atoms with Gasteiger partial charge in [0.25, 0.3) is 0 Å². The minimum atomic E-state index is -1.08. The van der Waals surface area contributed by atoms with E-state index in [2.05, 4.69) is 4.90 Å². The number of carboxylic acids is 1. The molecule has 1 aliphatic carbocycles. The molecular formula is C12H18N2O3. The van der Waals surface area contributed by atoms with Crippen LogP contribution >= 0.6 is 0 Å². The van der Waals surface area contributed by atoms with Crippen LogP contribution in [-0.4, -0.2) is 59.5 Å². The molecule has 17 heavy (non-hydrogen) atoms. The molecule has 1 saturated heterocycles. The number of hydrogen-bond acceptors (Lipinski definition) is 3. The van der Waals surface area contributed by atoms with Gasteiger partial charge in [-0.15, -0.1) is 0 Å². The van der Waals surface area contributed by atoms with Gasteiger partial charge in [-0.3, -0.25) is 9.69 Å². The molecule has 0 radical (unpaired) electrons. The number of hydrogen-bond donors (Lipinski definition) is 1. The Morgan fingerprint density at radius 3 is 2.29 bits per heavy atom. The molecule has 0 bridgehead atoms. The number of rotatable bonds is 4. The average Bonchev–Trinajstić information content (AvgIpc) is 3.11. The first-order valence-electron chi connectivity index (χ1n) is 6.07. The van der Waals surface area contributed by atoms with Crippen molar-refractivity contribution in [2.75, 3.05) is 32.7 Å². The van der Waals surface area contributed by atoms with E-state index in [1.54, 1.807) is 4.90 Å². The number of carboxylic acid groups (broad SMARTS) is 1. The number of carbonyl (C=O) groups excluding carboxylic acids is 1. The van der Waals surface area contributed by atoms with Gasteiger partial charge in [0.15, 0.2) is 0 Å². The highest BCUT2D eigenvalue weighted by Crippen LogP contribution is 2.29. The van der Waals surface area contributed by atoms with Crippen LogP contribution in [0.4, 0.5) is 0 Å². The van der Waals surface area contributed by atoms with Gasteiger partial charge in [0.05, 0.1) is 0 Å². The van der Waals surface area contributed by atoms with Crippen molar-refractivity contribution in [2.45, 2.75) is 12.8 Å². The summed E-state index contributed by atoms with van der Waals surface area (Å²) in [6, 6.07) is 0. The number of aliphatic carboxylic acids is 1. The largest absolute Gasteiger partial charge is 0.478 e. The summed E-state index contributed by atoms with van der Waals surface area (Å²) in [5.41, 5.74) is 0. The summed E-state index contributed by atoms with van der Waals surface area (Å²) in [6.45, 7) is 4.38. The van der Waals surface area contributed by atoms with Crippen molar-refractivity contribution in [1.82, 2.24) is 9.80 Å². The topological polar surface area (TPSA) is 60.9 Å². The number of amides is 1. The third kappa shape index (κ3) is 3.85. The van der Waals surface area contributed by atoms with Crippen molar-refractivity contribution in [3.05, 3.63) is 12.2 Å². The summed E-state index contributed by atoms with van der Waals surface area (Å²) in [5.74, 6) is -0.395. The standard InChI is InChI=1S/C12H18N2O3/c15-11(3-4-12(16)17)14-7-5-13(6-8-14)9-10-1-2-10/h3-4,10H,1-2,5-9H2,(H,16,17)/b4-3+. The van der Waals surface area contributed by atoms with E-state index < -0.39 is 5.97 Å². The van der Waals surface area contributed by atoms with Crippen molar-refractivity contribution >= 4 is 11.9 Å². The second-order valence-corrected chi connectivity index (χ2v) is 4.74. The van der Waals surface area contributed by atoms with Crippen molar-refractivity contribution in [2.24, 2.45) is 5.92 Å². The Labute approximate surface area is 101 Å². The Balaban J connectivity index is 1.73. The summed E-state index contributed by atoms with van der Waals surface area (Å²) in [4.78, 5) is 26.0. The van der Waals surface area contributed by atoms with Crippen LogP contribution in [0.15, 0.2) is 12.2 Å². The van der Waals surface area contributed by atoms with E-state index in [-0.39, 0.29) is 5.91 Å². The van der Waals surface area contributed by atoms with E-state index in [1.807, 2.05) is 0 Å². The van der Waals surface area contributed by atoms with Crippen LogP contribution < -0.4 is 0 Å². The number of nitrogens with zero attached hydrogens (tertiary/aromatic N) is 2. The van der Waals surface area contributed by atoms with E-state index in [4.69, 9.17) is 5.11 Å². The molecule has 1 amide bonds. The zero-order valence-electron chi connectivity index (χ0n) is 9.84. The van der Waals surface area contributed by atoms with Crippen LogP contribution in [0, 0.1) is 5.92 Å². The molecule has 0 unspecified atom stereocenters. The minimum absolute atomic E-state index is 0.196. The highest BCUT2D eigenvalue weighted by molar-refractivity contribution is 5.93. The predicted molar refractivity (Wildman–Crippen MR) is 62.5 cm³/mol. The lowest BCUT2D eigenvalue weighted by atomic mass is 10.2. The SMILES string of the molecule is O=C(O)/C=C/C(=O)N1CCN(CC2CC2)CC1. The lowest BCUT2D eigenvalue weighted by Crippen LogP contribution is -2.48. The predicted octanol–water partition coefficient (Wildman–Crippen LogP) is 0.181. The maximum Gasteiger partial charge on any atom is 0.328 e. The first-order valence-corrected chi connectivity index (χ1v) is 6.07. The molecular weight excluding hydrogens is 220 g/mol. The molecule has 1 aliphatic heterocycles. The molecule has 2 fully saturated rings. The zero-order valence-corrected chi connectivity index (χ0v) is 9.84. The number of piperazine rings is 1. The van der Waals surface area contributed by atoms with Gasteiger partial charge in [0, 0.05) is 44.9 Å². The molecule has 5 nitrogen and oxygen atoms in total. The van der Waals surface area contributed by atoms with Gasteiger partial charge in [-0.05, 0) is 18.8 Å². The van der Waals surface area contributed by atoms with Gasteiger partial charge in [-0.2, -0.15) is 0 Å². The fourth-order valence-electron chi connectivity index (χ4n) is 2.06. The quantitative estimate of drug-likeness (QED) is 0.710. The second kappa shape index (κ2) is 5.31. The van der Waals surface area contributed by atoms with E-state index >= 15 is 0 Å². The van der Waals surface area contributed by atoms with Crippen molar-refractivity contribution in [1.29, 1.82) is 0 Å². The molecule has 94 valence electrons. The summed E-state index contributed by atoms with van der Waals surface area (Å²) >= 11 is 0. The Bertz CT molecular complexity index is 329. The molecule has 0 atom stereocenters. The third-order valence-electron chi connectivity index (χ3n) is 3.27. The van der Waals surface area contributed by atoms with Gasteiger partial charge in [-0.1, -0.05) is 0 Å². The van der Waals surface area contributed by atoms with Crippen molar-refractivity contribution in [3.63, 3.8) is 0 Å². The van der Waals surface area contributed by atoms with Gasteiger partial charge >= 0.3 is 5.97 Å². The Morgan fingerprint density at radius 1 is 1.12 bits per heavy atom. The Morgan fingerprint density at radius 2 is 1.76 bits per heavy atom. The van der Waals surface area contributed by atoms with Gasteiger partial charge < -0.3 is 10.0 Å². The van der Waals surface area contributed by atoms with Gasteiger partial charge in [-0.25, -0.2) is 4.79 Å². The molecule has 0 aromatic heterocycles. The Hall–Kier alpha value is -1.36. The smallest absolute Gasteiger partial charge is 0.328 e. The second-order valence-electron chi connectivity index (χ2n) is 4.74. The average molecular weight is 238 g/mol. The fourth-order valence-corrected chi connectivity index (χ4v) is 2.06. The molecule has 0 spiro atoms. The molecule has 0 aromatic rings. The van der Waals surface area contributed by atoms with Gasteiger partial charge in [0.1, 0.15) is 0 Å². The van der Waals surface area contributed by atoms with Crippen LogP contribution in [0.5, 0.6) is 0 Å². The molecule has 2 aliphatic rings. The Kier molecular flexibility index (Phi) is 3.78. The maximum atomic E-state index is 11.6. The minimum Gasteiger partial charge on any atom is -0.478 e. The van der Waals surface area contributed by atoms with E-state index in [1.165, 1.54) is 12.8 Å². The lowest BCUT2D eigenvalue weighted by Gasteiger charge is -2.34. The van der Waals surface area contributed by atoms with Crippen LogP contribution in [0.1, 0.15) is 12.8 Å². The van der Waals surface area contributed by atoms with Gasteiger partial charge in [0.2, 0.25) is 5.91 Å². The summed E-state index contributed by atoms with van der Waals surface area (Å²) in [5, 5.41) is 8.44. The summed E-state index contributed by atoms with van der Waals surface area (Å²) < 4.78 is 0. The van der Waals surface area contributed by atoms with Crippen LogP contribution in [0.2, 0.25) is 0 Å². The third-order valence-corrected chi connectivity index (χ3v) is 3.27. The fraction of sp³-hybridized carbons (Fsp3) is 0.667. The lowest BCUT2D eigenvalue weighted by molar-refractivity contribution is -0.132. The molecule has 2 rings (SSSR count). The number of carbonyl (C=O) groups is 2. The maximum absolute atomic E-state index is 11.6. The van der Waals surface area contributed by atoms with Crippen LogP contribution in [-0.2, 0) is 9.59 Å². The van der Waals surface area contributed by atoms with E-state index in [0.717, 1.165) is 37.7 Å².